The summed E-state index contributed by atoms with van der Waals surface area (Å²) in [7, 11) is 2.05. The monoisotopic (exact) mass is 411 g/mol. The molecule has 0 spiro atoms. The Bertz CT molecular complexity index is 840. The lowest BCUT2D eigenvalue weighted by Crippen LogP contribution is -2.25. The van der Waals surface area contributed by atoms with Crippen molar-refractivity contribution in [2.75, 3.05) is 11.9 Å². The molecule has 0 fully saturated rings. The maximum Gasteiger partial charge on any atom is 0.0685 e. The normalized spacial score (nSPS) is 12.3. The van der Waals surface area contributed by atoms with Crippen molar-refractivity contribution in [1.29, 1.82) is 0 Å². The van der Waals surface area contributed by atoms with Crippen LogP contribution in [0, 0.1) is 0 Å². The molecule has 0 saturated heterocycles. The van der Waals surface area contributed by atoms with Crippen molar-refractivity contribution >= 4 is 11.3 Å². The van der Waals surface area contributed by atoms with E-state index in [1.165, 1.54) is 11.1 Å². The van der Waals surface area contributed by atoms with E-state index < -0.39 is 5.60 Å². The molecule has 2 rings (SSSR count). The van der Waals surface area contributed by atoms with Gasteiger partial charge in [0, 0.05) is 19.3 Å². The van der Waals surface area contributed by atoms with Crippen molar-refractivity contribution in [2.45, 2.75) is 71.8 Å². The second-order valence-electron chi connectivity index (χ2n) is 8.18. The Labute approximate surface area is 181 Å². The molecule has 0 aromatic heterocycles. The predicted octanol–water partition coefficient (Wildman–Crippen LogP) is 5.04. The van der Waals surface area contributed by atoms with Crippen LogP contribution >= 0.6 is 0 Å². The van der Waals surface area contributed by atoms with Gasteiger partial charge in [0.25, 0.3) is 0 Å². The van der Waals surface area contributed by atoms with Crippen LogP contribution in [-0.4, -0.2) is 28.0 Å². The zero-order chi connectivity index (χ0) is 22.1. The minimum atomic E-state index is -0.558. The molecule has 0 aliphatic carbocycles. The minimum Gasteiger partial charge on any atom is -0.392 e. The first-order chi connectivity index (χ1) is 14.4. The van der Waals surface area contributed by atoms with Gasteiger partial charge in [0.15, 0.2) is 0 Å². The van der Waals surface area contributed by atoms with E-state index in [0.717, 1.165) is 48.1 Å². The average molecular weight is 412 g/mol. The third-order valence-corrected chi connectivity index (χ3v) is 6.15. The van der Waals surface area contributed by atoms with E-state index >= 15 is 0 Å². The summed E-state index contributed by atoms with van der Waals surface area (Å²) < 4.78 is 0. The van der Waals surface area contributed by atoms with Gasteiger partial charge in [-0.25, -0.2) is 0 Å². The van der Waals surface area contributed by atoms with Crippen LogP contribution < -0.4 is 4.90 Å². The Balaban J connectivity index is 2.09. The van der Waals surface area contributed by atoms with Crippen LogP contribution in [0.4, 0.5) is 5.69 Å². The Hall–Kier alpha value is -2.14. The molecule has 3 N–H and O–H groups in total. The number of benzene rings is 2. The number of allylic oxidation sites excluding steroid dienone is 2. The molecule has 2 aromatic rings. The fourth-order valence-electron chi connectivity index (χ4n) is 3.71. The van der Waals surface area contributed by atoms with Crippen molar-refractivity contribution in [3.05, 3.63) is 70.8 Å². The molecule has 0 amide bonds. The van der Waals surface area contributed by atoms with E-state index in [1.54, 1.807) is 0 Å². The van der Waals surface area contributed by atoms with Gasteiger partial charge in [0.05, 0.1) is 18.8 Å². The summed E-state index contributed by atoms with van der Waals surface area (Å²) in [4.78, 5) is 2.18. The van der Waals surface area contributed by atoms with E-state index in [9.17, 15) is 15.3 Å². The van der Waals surface area contributed by atoms with E-state index in [2.05, 4.69) is 49.2 Å². The molecule has 0 radical (unpaired) electrons. The summed E-state index contributed by atoms with van der Waals surface area (Å²) >= 11 is 0. The van der Waals surface area contributed by atoms with Gasteiger partial charge in [-0.05, 0) is 72.6 Å². The number of anilines is 1. The summed E-state index contributed by atoms with van der Waals surface area (Å²) in [6, 6.07) is 14.3. The Morgan fingerprint density at radius 3 is 2.33 bits per heavy atom. The lowest BCUT2D eigenvalue weighted by Gasteiger charge is -2.24. The second kappa shape index (κ2) is 11.3. The van der Waals surface area contributed by atoms with Crippen molar-refractivity contribution in [2.24, 2.45) is 0 Å². The number of hydrogen-bond acceptors (Lipinski definition) is 4. The molecule has 0 aliphatic heterocycles. The van der Waals surface area contributed by atoms with Gasteiger partial charge in [-0.1, -0.05) is 50.3 Å². The van der Waals surface area contributed by atoms with E-state index in [1.807, 2.05) is 32.0 Å². The first-order valence-electron chi connectivity index (χ1n) is 10.9. The average Bonchev–Trinajstić information content (AvgIpc) is 2.78. The topological polar surface area (TPSA) is 63.9 Å². The van der Waals surface area contributed by atoms with Crippen LogP contribution in [0.5, 0.6) is 0 Å². The molecule has 4 heteroatoms. The molecular formula is C26H37NO3. The second-order valence-corrected chi connectivity index (χ2v) is 8.18. The summed E-state index contributed by atoms with van der Waals surface area (Å²) in [6.45, 7) is 6.79. The van der Waals surface area contributed by atoms with Crippen molar-refractivity contribution in [3.8, 4) is 0 Å². The molecule has 2 aromatic carbocycles. The molecule has 0 unspecified atom stereocenters. The van der Waals surface area contributed by atoms with Crippen molar-refractivity contribution in [1.82, 2.24) is 0 Å². The quantitative estimate of drug-likeness (QED) is 0.485. The van der Waals surface area contributed by atoms with E-state index in [-0.39, 0.29) is 13.2 Å². The van der Waals surface area contributed by atoms with Gasteiger partial charge in [-0.3, -0.25) is 0 Å². The van der Waals surface area contributed by atoms with Gasteiger partial charge in [-0.2, -0.15) is 0 Å². The molecule has 0 saturated carbocycles. The Morgan fingerprint density at radius 1 is 1.00 bits per heavy atom. The first-order valence-corrected chi connectivity index (χ1v) is 10.9. The van der Waals surface area contributed by atoms with Gasteiger partial charge >= 0.3 is 0 Å². The van der Waals surface area contributed by atoms with E-state index in [0.29, 0.717) is 6.54 Å². The highest BCUT2D eigenvalue weighted by molar-refractivity contribution is 5.67. The zero-order valence-corrected chi connectivity index (χ0v) is 18.9. The third kappa shape index (κ3) is 6.43. The van der Waals surface area contributed by atoms with Crippen LogP contribution in [0.3, 0.4) is 0 Å². The van der Waals surface area contributed by atoms with Gasteiger partial charge in [0.2, 0.25) is 0 Å². The molecule has 30 heavy (non-hydrogen) atoms. The zero-order valence-electron chi connectivity index (χ0n) is 18.9. The lowest BCUT2D eigenvalue weighted by atomic mass is 9.91. The van der Waals surface area contributed by atoms with Gasteiger partial charge in [0.1, 0.15) is 0 Å². The first kappa shape index (κ1) is 24.1. The standard InChI is InChI=1S/C26H37NO3/c1-5-26(30,6-2)14-8-9-20(3)22-10-7-11-25(16-22)27(4)17-21-12-13-23(18-28)24(15-21)19-29/h7,9-13,15-16,28-30H,5-6,8,14,17-19H2,1-4H3/b20-9-. The molecular weight excluding hydrogens is 374 g/mol. The molecule has 0 heterocycles. The maximum absolute atomic E-state index is 10.5. The summed E-state index contributed by atoms with van der Waals surface area (Å²) in [5.74, 6) is 0. The van der Waals surface area contributed by atoms with Crippen LogP contribution in [0.1, 0.15) is 68.7 Å². The molecule has 0 bridgehead atoms. The smallest absolute Gasteiger partial charge is 0.0685 e. The summed E-state index contributed by atoms with van der Waals surface area (Å²) in [5, 5.41) is 29.4. The van der Waals surface area contributed by atoms with Crippen LogP contribution in [-0.2, 0) is 19.8 Å². The summed E-state index contributed by atoms with van der Waals surface area (Å²) in [6.07, 6.45) is 5.44. The van der Waals surface area contributed by atoms with Crippen molar-refractivity contribution < 1.29 is 15.3 Å². The number of aliphatic hydroxyl groups excluding tert-OH is 2. The van der Waals surface area contributed by atoms with E-state index in [4.69, 9.17) is 0 Å². The van der Waals surface area contributed by atoms with Gasteiger partial charge < -0.3 is 20.2 Å². The SMILES string of the molecule is CCC(O)(CC)CC/C=C(/C)c1cccc(N(C)Cc2ccc(CO)c(CO)c2)c1. The minimum absolute atomic E-state index is 0.0619. The number of nitrogens with zero attached hydrogens (tertiary/aromatic N) is 1. The van der Waals surface area contributed by atoms with Crippen molar-refractivity contribution in [3.63, 3.8) is 0 Å². The number of hydrogen-bond donors (Lipinski definition) is 3. The fourth-order valence-corrected chi connectivity index (χ4v) is 3.71. The highest BCUT2D eigenvalue weighted by Crippen LogP contribution is 2.25. The molecule has 4 nitrogen and oxygen atoms in total. The fraction of sp³-hybridized carbons (Fsp3) is 0.462. The highest BCUT2D eigenvalue weighted by Gasteiger charge is 2.20. The summed E-state index contributed by atoms with van der Waals surface area (Å²) in [5.41, 5.74) is 5.60. The Kier molecular flexibility index (Phi) is 9.09. The number of aliphatic hydroxyl groups is 3. The largest absolute Gasteiger partial charge is 0.392 e. The number of rotatable bonds is 11. The lowest BCUT2D eigenvalue weighted by molar-refractivity contribution is 0.0246. The third-order valence-electron chi connectivity index (χ3n) is 6.15. The highest BCUT2D eigenvalue weighted by atomic mass is 16.3. The van der Waals surface area contributed by atoms with Crippen LogP contribution in [0.25, 0.3) is 5.57 Å². The van der Waals surface area contributed by atoms with Gasteiger partial charge in [-0.15, -0.1) is 0 Å². The van der Waals surface area contributed by atoms with Crippen LogP contribution in [0.2, 0.25) is 0 Å². The van der Waals surface area contributed by atoms with Crippen LogP contribution in [0.15, 0.2) is 48.5 Å². The molecule has 164 valence electrons. The Morgan fingerprint density at radius 2 is 1.70 bits per heavy atom. The molecule has 0 aliphatic rings. The predicted molar refractivity (Wildman–Crippen MR) is 125 cm³/mol. The maximum atomic E-state index is 10.5. The molecule has 0 atom stereocenters.